The van der Waals surface area contributed by atoms with E-state index < -0.39 is 0 Å². The minimum absolute atomic E-state index is 0.199. The zero-order chi connectivity index (χ0) is 13.4. The molecule has 1 atom stereocenters. The largest absolute Gasteiger partial charge is 0.395 e. The van der Waals surface area contributed by atoms with Crippen molar-refractivity contribution in [3.63, 3.8) is 0 Å². The Morgan fingerprint density at radius 3 is 2.56 bits per heavy atom. The number of aliphatic hydroxyl groups is 1. The first-order valence-corrected chi connectivity index (χ1v) is 7.53. The molecule has 18 heavy (non-hydrogen) atoms. The van der Waals surface area contributed by atoms with Crippen LogP contribution in [0.2, 0.25) is 0 Å². The summed E-state index contributed by atoms with van der Waals surface area (Å²) in [5.41, 5.74) is 0.510. The van der Waals surface area contributed by atoms with Gasteiger partial charge in [-0.2, -0.15) is 0 Å². The lowest BCUT2D eigenvalue weighted by molar-refractivity contribution is -0.00118. The summed E-state index contributed by atoms with van der Waals surface area (Å²) >= 11 is 0. The molecule has 0 aromatic heterocycles. The summed E-state index contributed by atoms with van der Waals surface area (Å²) in [6.07, 6.45) is 7.40. The smallest absolute Gasteiger partial charge is 0.0585 e. The highest BCUT2D eigenvalue weighted by atomic mass is 16.5. The van der Waals surface area contributed by atoms with Crippen molar-refractivity contribution in [2.45, 2.75) is 71.4 Å². The third-order valence-electron chi connectivity index (χ3n) is 4.01. The molecule has 1 unspecified atom stereocenters. The van der Waals surface area contributed by atoms with Gasteiger partial charge in [0.1, 0.15) is 0 Å². The monoisotopic (exact) mass is 257 g/mol. The van der Waals surface area contributed by atoms with E-state index in [1.54, 1.807) is 0 Å². The van der Waals surface area contributed by atoms with Gasteiger partial charge >= 0.3 is 0 Å². The molecule has 1 aliphatic rings. The SMILES string of the molecule is CCCNC(CO)CCOC1CCC(C)(C)CC1. The van der Waals surface area contributed by atoms with E-state index in [0.717, 1.165) is 26.0 Å². The van der Waals surface area contributed by atoms with Crippen molar-refractivity contribution in [3.05, 3.63) is 0 Å². The Balaban J connectivity index is 2.10. The van der Waals surface area contributed by atoms with Crippen LogP contribution < -0.4 is 5.32 Å². The van der Waals surface area contributed by atoms with Crippen LogP contribution in [-0.4, -0.2) is 37.0 Å². The summed E-state index contributed by atoms with van der Waals surface area (Å²) in [6, 6.07) is 0.199. The molecule has 0 spiro atoms. The number of nitrogens with one attached hydrogen (secondary N) is 1. The Bertz CT molecular complexity index is 209. The maximum absolute atomic E-state index is 9.24. The second kappa shape index (κ2) is 8.13. The van der Waals surface area contributed by atoms with Crippen molar-refractivity contribution in [2.24, 2.45) is 5.41 Å². The Hall–Kier alpha value is -0.120. The zero-order valence-electron chi connectivity index (χ0n) is 12.4. The van der Waals surface area contributed by atoms with Crippen LogP contribution in [0.3, 0.4) is 0 Å². The average Bonchev–Trinajstić information content (AvgIpc) is 2.35. The van der Waals surface area contributed by atoms with E-state index in [1.807, 2.05) is 0 Å². The van der Waals surface area contributed by atoms with Crippen LogP contribution in [0.1, 0.15) is 59.3 Å². The predicted molar refractivity (Wildman–Crippen MR) is 75.8 cm³/mol. The molecule has 0 bridgehead atoms. The highest BCUT2D eigenvalue weighted by Crippen LogP contribution is 2.36. The molecule has 0 radical (unpaired) electrons. The molecular formula is C15H31NO2. The number of rotatable bonds is 8. The Morgan fingerprint density at radius 2 is 2.00 bits per heavy atom. The van der Waals surface area contributed by atoms with E-state index in [1.165, 1.54) is 25.7 Å². The molecular weight excluding hydrogens is 226 g/mol. The molecule has 0 saturated heterocycles. The lowest BCUT2D eigenvalue weighted by Gasteiger charge is -2.34. The Kier molecular flexibility index (Phi) is 7.20. The van der Waals surface area contributed by atoms with Gasteiger partial charge in [-0.3, -0.25) is 0 Å². The molecule has 3 heteroatoms. The van der Waals surface area contributed by atoms with Gasteiger partial charge in [-0.15, -0.1) is 0 Å². The lowest BCUT2D eigenvalue weighted by atomic mass is 9.76. The molecule has 108 valence electrons. The van der Waals surface area contributed by atoms with Crippen molar-refractivity contribution in [1.82, 2.24) is 5.32 Å². The second-order valence-corrected chi connectivity index (χ2v) is 6.36. The molecule has 1 rings (SSSR count). The topological polar surface area (TPSA) is 41.5 Å². The standard InChI is InChI=1S/C15H31NO2/c1-4-10-16-13(12-17)7-11-18-14-5-8-15(2,3)9-6-14/h13-14,16-17H,4-12H2,1-3H3. The molecule has 0 aromatic rings. The quantitative estimate of drug-likeness (QED) is 0.702. The first-order valence-electron chi connectivity index (χ1n) is 7.53. The zero-order valence-corrected chi connectivity index (χ0v) is 12.4. The minimum atomic E-state index is 0.199. The lowest BCUT2D eigenvalue weighted by Crippen LogP contribution is -2.35. The van der Waals surface area contributed by atoms with E-state index in [-0.39, 0.29) is 12.6 Å². The third kappa shape index (κ3) is 6.17. The maximum atomic E-state index is 9.24. The number of hydrogen-bond donors (Lipinski definition) is 2. The molecule has 0 aliphatic heterocycles. The van der Waals surface area contributed by atoms with Crippen LogP contribution >= 0.6 is 0 Å². The fraction of sp³-hybridized carbons (Fsp3) is 1.00. The summed E-state index contributed by atoms with van der Waals surface area (Å²) in [5.74, 6) is 0. The van der Waals surface area contributed by atoms with Gasteiger partial charge in [-0.05, 0) is 50.5 Å². The number of hydrogen-bond acceptors (Lipinski definition) is 3. The molecule has 0 aromatic carbocycles. The fourth-order valence-corrected chi connectivity index (χ4v) is 2.52. The van der Waals surface area contributed by atoms with Crippen molar-refractivity contribution >= 4 is 0 Å². The van der Waals surface area contributed by atoms with Gasteiger partial charge in [-0.25, -0.2) is 0 Å². The maximum Gasteiger partial charge on any atom is 0.0585 e. The van der Waals surface area contributed by atoms with E-state index in [9.17, 15) is 5.11 Å². The Morgan fingerprint density at radius 1 is 1.33 bits per heavy atom. The van der Waals surface area contributed by atoms with Gasteiger partial charge in [0.15, 0.2) is 0 Å². The molecule has 1 saturated carbocycles. The van der Waals surface area contributed by atoms with E-state index in [2.05, 4.69) is 26.1 Å². The molecule has 0 heterocycles. The minimum Gasteiger partial charge on any atom is -0.395 e. The normalized spacial score (nSPS) is 22.0. The van der Waals surface area contributed by atoms with Crippen molar-refractivity contribution in [2.75, 3.05) is 19.8 Å². The van der Waals surface area contributed by atoms with Crippen LogP contribution in [0.15, 0.2) is 0 Å². The molecule has 2 N–H and O–H groups in total. The van der Waals surface area contributed by atoms with Crippen molar-refractivity contribution in [1.29, 1.82) is 0 Å². The first-order chi connectivity index (χ1) is 8.57. The van der Waals surface area contributed by atoms with Gasteiger partial charge in [-0.1, -0.05) is 20.8 Å². The fourth-order valence-electron chi connectivity index (χ4n) is 2.52. The van der Waals surface area contributed by atoms with E-state index >= 15 is 0 Å². The average molecular weight is 257 g/mol. The summed E-state index contributed by atoms with van der Waals surface area (Å²) in [4.78, 5) is 0. The molecule has 3 nitrogen and oxygen atoms in total. The summed E-state index contributed by atoms with van der Waals surface area (Å²) < 4.78 is 5.94. The second-order valence-electron chi connectivity index (χ2n) is 6.36. The molecule has 0 amide bonds. The summed E-state index contributed by atoms with van der Waals surface area (Å²) in [6.45, 7) is 8.79. The highest BCUT2D eigenvalue weighted by Gasteiger charge is 2.27. The summed E-state index contributed by atoms with van der Waals surface area (Å²) in [5, 5.41) is 12.6. The third-order valence-corrected chi connectivity index (χ3v) is 4.01. The van der Waals surface area contributed by atoms with Crippen molar-refractivity contribution < 1.29 is 9.84 Å². The number of ether oxygens (including phenoxy) is 1. The Labute approximate surface area is 112 Å². The highest BCUT2D eigenvalue weighted by molar-refractivity contribution is 4.79. The summed E-state index contributed by atoms with van der Waals surface area (Å²) in [7, 11) is 0. The predicted octanol–water partition coefficient (Wildman–Crippen LogP) is 2.72. The van der Waals surface area contributed by atoms with Crippen LogP contribution in [0.25, 0.3) is 0 Å². The van der Waals surface area contributed by atoms with E-state index in [4.69, 9.17) is 4.74 Å². The van der Waals surface area contributed by atoms with E-state index in [0.29, 0.717) is 11.5 Å². The number of aliphatic hydroxyl groups excluding tert-OH is 1. The first kappa shape index (κ1) is 15.9. The van der Waals surface area contributed by atoms with Gasteiger partial charge in [0.25, 0.3) is 0 Å². The van der Waals surface area contributed by atoms with Gasteiger partial charge < -0.3 is 15.2 Å². The van der Waals surface area contributed by atoms with Crippen LogP contribution in [0, 0.1) is 5.41 Å². The molecule has 1 fully saturated rings. The van der Waals surface area contributed by atoms with Gasteiger partial charge in [0.2, 0.25) is 0 Å². The van der Waals surface area contributed by atoms with Gasteiger partial charge in [0.05, 0.1) is 12.7 Å². The van der Waals surface area contributed by atoms with Crippen molar-refractivity contribution in [3.8, 4) is 0 Å². The van der Waals surface area contributed by atoms with Crippen LogP contribution in [-0.2, 0) is 4.74 Å². The van der Waals surface area contributed by atoms with Crippen LogP contribution in [0.5, 0.6) is 0 Å². The van der Waals surface area contributed by atoms with Gasteiger partial charge in [0, 0.05) is 12.6 Å². The van der Waals surface area contributed by atoms with Crippen LogP contribution in [0.4, 0.5) is 0 Å². The molecule has 1 aliphatic carbocycles.